The molecule has 0 saturated carbocycles. The molecule has 2 aromatic heterocycles. The van der Waals surface area contributed by atoms with Crippen molar-refractivity contribution in [2.75, 3.05) is 0 Å². The Kier molecular flexibility index (Phi) is 11.3. The summed E-state index contributed by atoms with van der Waals surface area (Å²) < 4.78 is 40.4. The predicted octanol–water partition coefficient (Wildman–Crippen LogP) is 13.2. The summed E-state index contributed by atoms with van der Waals surface area (Å²) in [7, 11) is 0. The summed E-state index contributed by atoms with van der Waals surface area (Å²) >= 11 is 1.17. The topological polar surface area (TPSA) is 51.6 Å². The summed E-state index contributed by atoms with van der Waals surface area (Å²) in [6.07, 6.45) is 9.99. The van der Waals surface area contributed by atoms with E-state index < -0.39 is 0 Å². The minimum absolute atomic E-state index is 0.202. The van der Waals surface area contributed by atoms with Crippen LogP contribution in [0.5, 0.6) is 0 Å². The van der Waals surface area contributed by atoms with Crippen LogP contribution in [0.3, 0.4) is 0 Å². The van der Waals surface area contributed by atoms with Crippen LogP contribution >= 0.6 is 11.7 Å². The second-order valence-electron chi connectivity index (χ2n) is 13.9. The zero-order chi connectivity index (χ0) is 36.9. The Hall–Kier alpha value is -4.88. The number of aryl methyl sites for hydroxylation is 4. The van der Waals surface area contributed by atoms with Crippen LogP contribution in [0, 0.1) is 11.6 Å². The fourth-order valence-corrected chi connectivity index (χ4v) is 7.95. The molecule has 270 valence electrons. The average Bonchev–Trinajstić information content (AvgIpc) is 3.66. The Morgan fingerprint density at radius 2 is 0.868 bits per heavy atom. The lowest BCUT2D eigenvalue weighted by atomic mass is 9.92. The number of hydrogen-bond donors (Lipinski definition) is 0. The van der Waals surface area contributed by atoms with Crippen molar-refractivity contribution in [3.63, 3.8) is 0 Å². The second kappa shape index (κ2) is 16.4. The first-order valence-corrected chi connectivity index (χ1v) is 19.9. The summed E-state index contributed by atoms with van der Waals surface area (Å²) in [4.78, 5) is 10.5. The molecular weight excluding hydrogens is 679 g/mol. The average molecular weight is 725 g/mol. The lowest BCUT2D eigenvalue weighted by molar-refractivity contribution is 0.626. The number of hydrogen-bond acceptors (Lipinski definition) is 5. The fraction of sp³-hybridized carbons (Fsp3) is 0.304. The zero-order valence-electron chi connectivity index (χ0n) is 31.1. The summed E-state index contributed by atoms with van der Waals surface area (Å²) in [5.74, 6) is -0.405. The fourth-order valence-electron chi connectivity index (χ4n) is 7.40. The number of aromatic nitrogens is 4. The molecule has 0 bridgehead atoms. The molecule has 53 heavy (non-hydrogen) atoms. The standard InChI is InChI=1S/C46H46F2N4S/c1-5-9-11-13-29-15-25-35(37(47)27-29)31-17-21-33(22-18-31)41-43-44(50-40(8-4)39(7-3)49-43)42(46-45(41)51-53-52-46)34-23-19-32(20-24-34)36-26-16-30(28-38(36)48)14-12-10-6-2/h15-28H,5-14H2,1-4H3. The molecule has 2 heterocycles. The van der Waals surface area contributed by atoms with E-state index in [0.29, 0.717) is 11.1 Å². The Labute approximate surface area is 315 Å². The maximum absolute atomic E-state index is 15.4. The quantitative estimate of drug-likeness (QED) is 0.105. The predicted molar refractivity (Wildman–Crippen MR) is 217 cm³/mol. The van der Waals surface area contributed by atoms with Crippen molar-refractivity contribution in [2.24, 2.45) is 0 Å². The van der Waals surface area contributed by atoms with Crippen LogP contribution in [0.4, 0.5) is 8.78 Å². The van der Waals surface area contributed by atoms with E-state index in [0.717, 1.165) is 142 Å². The first kappa shape index (κ1) is 36.5. The van der Waals surface area contributed by atoms with Gasteiger partial charge in [0.1, 0.15) is 22.7 Å². The van der Waals surface area contributed by atoms with E-state index in [4.69, 9.17) is 18.7 Å². The normalized spacial score (nSPS) is 11.6. The van der Waals surface area contributed by atoms with Crippen molar-refractivity contribution in [3.8, 4) is 44.5 Å². The summed E-state index contributed by atoms with van der Waals surface area (Å²) in [6, 6.07) is 27.2. The van der Waals surface area contributed by atoms with Crippen molar-refractivity contribution >= 4 is 33.8 Å². The number of unbranched alkanes of at least 4 members (excludes halogenated alkanes) is 4. The van der Waals surface area contributed by atoms with Crippen LogP contribution in [0.15, 0.2) is 84.9 Å². The molecule has 0 aliphatic carbocycles. The van der Waals surface area contributed by atoms with Gasteiger partial charge in [-0.05, 0) is 84.0 Å². The van der Waals surface area contributed by atoms with Crippen molar-refractivity contribution < 1.29 is 8.78 Å². The molecule has 0 radical (unpaired) electrons. The first-order valence-electron chi connectivity index (χ1n) is 19.2. The van der Waals surface area contributed by atoms with Crippen molar-refractivity contribution in [1.82, 2.24) is 18.7 Å². The molecule has 0 aliphatic heterocycles. The highest BCUT2D eigenvalue weighted by Crippen LogP contribution is 2.43. The molecule has 0 saturated heterocycles. The van der Waals surface area contributed by atoms with Gasteiger partial charge in [-0.2, -0.15) is 8.75 Å². The van der Waals surface area contributed by atoms with E-state index in [2.05, 4.69) is 27.7 Å². The van der Waals surface area contributed by atoms with Gasteiger partial charge in [0.05, 0.1) is 34.1 Å². The summed E-state index contributed by atoms with van der Waals surface area (Å²) in [5.41, 5.74) is 13.4. The molecule has 0 spiro atoms. The van der Waals surface area contributed by atoms with Crippen LogP contribution in [0.2, 0.25) is 0 Å². The third-order valence-electron chi connectivity index (χ3n) is 10.3. The number of halogens is 2. The highest BCUT2D eigenvalue weighted by Gasteiger charge is 2.24. The van der Waals surface area contributed by atoms with Crippen LogP contribution in [-0.2, 0) is 25.7 Å². The largest absolute Gasteiger partial charge is 0.249 e. The van der Waals surface area contributed by atoms with Crippen LogP contribution in [-0.4, -0.2) is 18.7 Å². The molecule has 5 aromatic carbocycles. The van der Waals surface area contributed by atoms with Crippen LogP contribution in [0.1, 0.15) is 88.7 Å². The van der Waals surface area contributed by atoms with E-state index in [9.17, 15) is 0 Å². The zero-order valence-corrected chi connectivity index (χ0v) is 31.9. The van der Waals surface area contributed by atoms with Gasteiger partial charge in [-0.1, -0.05) is 126 Å². The molecule has 0 N–H and O–H groups in total. The summed E-state index contributed by atoms with van der Waals surface area (Å²) in [6.45, 7) is 8.56. The van der Waals surface area contributed by atoms with Gasteiger partial charge in [0.15, 0.2) is 0 Å². The first-order chi connectivity index (χ1) is 25.9. The van der Waals surface area contributed by atoms with Gasteiger partial charge in [-0.25, -0.2) is 18.7 Å². The Bertz CT molecular complexity index is 2200. The molecule has 0 amide bonds. The van der Waals surface area contributed by atoms with Gasteiger partial charge in [-0.3, -0.25) is 0 Å². The van der Waals surface area contributed by atoms with Gasteiger partial charge < -0.3 is 0 Å². The van der Waals surface area contributed by atoms with Gasteiger partial charge in [0.25, 0.3) is 0 Å². The third-order valence-corrected chi connectivity index (χ3v) is 10.9. The second-order valence-corrected chi connectivity index (χ2v) is 14.5. The number of nitrogens with zero attached hydrogens (tertiary/aromatic N) is 4. The van der Waals surface area contributed by atoms with Crippen LogP contribution in [0.25, 0.3) is 66.6 Å². The monoisotopic (exact) mass is 724 g/mol. The van der Waals surface area contributed by atoms with Crippen LogP contribution < -0.4 is 0 Å². The SMILES string of the molecule is CCCCCc1ccc(-c2ccc(-c3c4nsnc4c(-c4ccc(-c5ccc(CCCCC)cc5F)cc4)c4nc(CC)c(CC)nc34)cc2)c(F)c1. The highest BCUT2D eigenvalue weighted by atomic mass is 32.1. The molecule has 0 unspecified atom stereocenters. The van der Waals surface area contributed by atoms with E-state index in [1.165, 1.54) is 11.7 Å². The molecule has 0 atom stereocenters. The van der Waals surface area contributed by atoms with E-state index in [1.54, 1.807) is 12.1 Å². The molecule has 4 nitrogen and oxygen atoms in total. The molecule has 7 rings (SSSR count). The summed E-state index contributed by atoms with van der Waals surface area (Å²) in [5, 5.41) is 0. The molecule has 0 fully saturated rings. The third kappa shape index (κ3) is 7.50. The van der Waals surface area contributed by atoms with E-state index in [-0.39, 0.29) is 11.6 Å². The van der Waals surface area contributed by atoms with E-state index in [1.807, 2.05) is 72.8 Å². The maximum atomic E-state index is 15.4. The smallest absolute Gasteiger partial charge is 0.131 e. The molecule has 7 aromatic rings. The van der Waals surface area contributed by atoms with Crippen molar-refractivity contribution in [3.05, 3.63) is 119 Å². The Morgan fingerprint density at radius 3 is 1.23 bits per heavy atom. The van der Waals surface area contributed by atoms with E-state index >= 15 is 8.78 Å². The lowest BCUT2D eigenvalue weighted by Gasteiger charge is -2.16. The molecule has 7 heteroatoms. The van der Waals surface area contributed by atoms with Crippen molar-refractivity contribution in [2.45, 2.75) is 91.9 Å². The minimum atomic E-state index is -0.202. The number of benzene rings is 5. The van der Waals surface area contributed by atoms with Gasteiger partial charge in [-0.15, -0.1) is 0 Å². The lowest BCUT2D eigenvalue weighted by Crippen LogP contribution is -2.03. The highest BCUT2D eigenvalue weighted by molar-refractivity contribution is 7.00. The molecular formula is C46H46F2N4S. The minimum Gasteiger partial charge on any atom is -0.249 e. The van der Waals surface area contributed by atoms with Crippen molar-refractivity contribution in [1.29, 1.82) is 0 Å². The molecule has 0 aliphatic rings. The number of fused-ring (bicyclic) bond motifs is 2. The Balaban J connectivity index is 1.30. The van der Waals surface area contributed by atoms with Gasteiger partial charge in [0, 0.05) is 22.3 Å². The van der Waals surface area contributed by atoms with Gasteiger partial charge in [0.2, 0.25) is 0 Å². The van der Waals surface area contributed by atoms with Gasteiger partial charge >= 0.3 is 0 Å². The Morgan fingerprint density at radius 1 is 0.472 bits per heavy atom. The number of rotatable bonds is 14. The maximum Gasteiger partial charge on any atom is 0.131 e.